The second-order valence-corrected chi connectivity index (χ2v) is 7.58. The van der Waals surface area contributed by atoms with E-state index in [1.807, 2.05) is 0 Å². The third-order valence-electron chi connectivity index (χ3n) is 3.88. The van der Waals surface area contributed by atoms with E-state index in [1.54, 1.807) is 30.3 Å². The number of carbonyl (C=O) groups excluding carboxylic acids is 2. The second kappa shape index (κ2) is 9.03. The minimum atomic E-state index is -0.591. The maximum Gasteiger partial charge on any atom is 0.242 e. The van der Waals surface area contributed by atoms with Gasteiger partial charge in [-0.25, -0.2) is 9.38 Å². The first kappa shape index (κ1) is 20.1. The molecule has 1 saturated heterocycles. The molecule has 144 valence electrons. The van der Waals surface area contributed by atoms with Crippen molar-refractivity contribution in [2.24, 2.45) is 4.99 Å². The Hall–Kier alpha value is -2.64. The van der Waals surface area contributed by atoms with Gasteiger partial charge in [0.1, 0.15) is 11.1 Å². The Morgan fingerprint density at radius 3 is 2.57 bits per heavy atom. The van der Waals surface area contributed by atoms with Crippen LogP contribution in [0.25, 0.3) is 0 Å². The Morgan fingerprint density at radius 2 is 1.93 bits per heavy atom. The van der Waals surface area contributed by atoms with Crippen LogP contribution < -0.4 is 5.32 Å². The fourth-order valence-corrected chi connectivity index (χ4v) is 3.85. The Morgan fingerprint density at radius 1 is 1.25 bits per heavy atom. The minimum Gasteiger partial charge on any atom is -0.326 e. The van der Waals surface area contributed by atoms with Crippen LogP contribution in [0.1, 0.15) is 6.42 Å². The van der Waals surface area contributed by atoms with Crippen molar-refractivity contribution in [3.63, 3.8) is 0 Å². The molecule has 1 N–H and O–H groups in total. The molecule has 2 amide bonds. The van der Waals surface area contributed by atoms with E-state index < -0.39 is 5.25 Å². The number of aliphatic imine (C=N–C) groups is 1. The molecule has 0 saturated carbocycles. The molecule has 2 aromatic rings. The summed E-state index contributed by atoms with van der Waals surface area (Å²) in [5, 5.41) is 3.18. The molecule has 0 aliphatic carbocycles. The lowest BCUT2D eigenvalue weighted by Gasteiger charge is -2.13. The number of thioether (sulfide) groups is 1. The van der Waals surface area contributed by atoms with Crippen molar-refractivity contribution in [3.8, 4) is 0 Å². The molecular formula is C20H17ClFN3O2S. The largest absolute Gasteiger partial charge is 0.326 e. The summed E-state index contributed by atoms with van der Waals surface area (Å²) >= 11 is 7.12. The molecule has 1 heterocycles. The van der Waals surface area contributed by atoms with Gasteiger partial charge in [0, 0.05) is 23.7 Å². The Kier molecular flexibility index (Phi) is 6.49. The van der Waals surface area contributed by atoms with Gasteiger partial charge in [-0.15, -0.1) is 6.58 Å². The van der Waals surface area contributed by atoms with Gasteiger partial charge in [-0.1, -0.05) is 29.4 Å². The molecule has 3 rings (SSSR count). The van der Waals surface area contributed by atoms with Crippen molar-refractivity contribution >= 4 is 51.7 Å². The topological polar surface area (TPSA) is 61.8 Å². The molecule has 1 aliphatic heterocycles. The van der Waals surface area contributed by atoms with Crippen molar-refractivity contribution in [2.75, 3.05) is 11.9 Å². The number of carbonyl (C=O) groups is 2. The van der Waals surface area contributed by atoms with Crippen LogP contribution in [0.2, 0.25) is 5.02 Å². The van der Waals surface area contributed by atoms with E-state index in [9.17, 15) is 14.0 Å². The van der Waals surface area contributed by atoms with E-state index in [0.29, 0.717) is 28.1 Å². The van der Waals surface area contributed by atoms with Gasteiger partial charge >= 0.3 is 0 Å². The lowest BCUT2D eigenvalue weighted by atomic mass is 10.2. The zero-order chi connectivity index (χ0) is 20.1. The molecule has 1 aliphatic rings. The number of hydrogen-bond donors (Lipinski definition) is 1. The van der Waals surface area contributed by atoms with Gasteiger partial charge in [-0.05, 0) is 48.5 Å². The SMILES string of the molecule is C=CCN1C(=O)[C@@H](CC(=O)Nc2ccc(F)cc2)SC1=Nc1ccc(Cl)cc1. The molecule has 5 nitrogen and oxygen atoms in total. The molecular weight excluding hydrogens is 401 g/mol. The van der Waals surface area contributed by atoms with Gasteiger partial charge in [0.15, 0.2) is 5.17 Å². The normalized spacial score (nSPS) is 17.8. The van der Waals surface area contributed by atoms with Crippen LogP contribution in [-0.4, -0.2) is 33.7 Å². The first-order valence-electron chi connectivity index (χ1n) is 8.45. The first-order chi connectivity index (χ1) is 13.5. The van der Waals surface area contributed by atoms with Crippen LogP contribution in [0.4, 0.5) is 15.8 Å². The van der Waals surface area contributed by atoms with Gasteiger partial charge in [-0.2, -0.15) is 0 Å². The summed E-state index contributed by atoms with van der Waals surface area (Å²) in [5.41, 5.74) is 1.13. The van der Waals surface area contributed by atoms with Gasteiger partial charge in [-0.3, -0.25) is 14.5 Å². The molecule has 8 heteroatoms. The smallest absolute Gasteiger partial charge is 0.242 e. The number of benzene rings is 2. The van der Waals surface area contributed by atoms with Crippen LogP contribution in [-0.2, 0) is 9.59 Å². The van der Waals surface area contributed by atoms with E-state index >= 15 is 0 Å². The first-order valence-corrected chi connectivity index (χ1v) is 9.70. The third-order valence-corrected chi connectivity index (χ3v) is 5.31. The molecule has 1 fully saturated rings. The number of anilines is 1. The zero-order valence-electron chi connectivity index (χ0n) is 14.8. The van der Waals surface area contributed by atoms with E-state index in [4.69, 9.17) is 11.6 Å². The van der Waals surface area contributed by atoms with Crippen molar-refractivity contribution < 1.29 is 14.0 Å². The molecule has 1 atom stereocenters. The van der Waals surface area contributed by atoms with Crippen molar-refractivity contribution in [2.45, 2.75) is 11.7 Å². The highest BCUT2D eigenvalue weighted by Crippen LogP contribution is 2.32. The molecule has 2 aromatic carbocycles. The van der Waals surface area contributed by atoms with Crippen LogP contribution in [0.5, 0.6) is 0 Å². The number of amides is 2. The van der Waals surface area contributed by atoms with E-state index in [2.05, 4.69) is 16.9 Å². The number of amidine groups is 1. The summed E-state index contributed by atoms with van der Waals surface area (Å²) in [7, 11) is 0. The number of rotatable bonds is 6. The number of hydrogen-bond acceptors (Lipinski definition) is 4. The van der Waals surface area contributed by atoms with Crippen molar-refractivity contribution in [1.82, 2.24) is 4.90 Å². The molecule has 0 unspecified atom stereocenters. The maximum absolute atomic E-state index is 13.0. The average molecular weight is 418 g/mol. The quantitative estimate of drug-likeness (QED) is 0.697. The molecule has 0 bridgehead atoms. The highest BCUT2D eigenvalue weighted by Gasteiger charge is 2.38. The summed E-state index contributed by atoms with van der Waals surface area (Å²) in [5.74, 6) is -0.918. The van der Waals surface area contributed by atoms with Crippen molar-refractivity contribution in [1.29, 1.82) is 0 Å². The van der Waals surface area contributed by atoms with Crippen LogP contribution in [0, 0.1) is 5.82 Å². The number of halogens is 2. The van der Waals surface area contributed by atoms with Gasteiger partial charge in [0.2, 0.25) is 11.8 Å². The highest BCUT2D eigenvalue weighted by molar-refractivity contribution is 8.15. The van der Waals surface area contributed by atoms with E-state index in [-0.39, 0.29) is 24.1 Å². The van der Waals surface area contributed by atoms with Gasteiger partial charge in [0.05, 0.1) is 5.69 Å². The van der Waals surface area contributed by atoms with Crippen molar-refractivity contribution in [3.05, 3.63) is 72.0 Å². The second-order valence-electron chi connectivity index (χ2n) is 5.97. The minimum absolute atomic E-state index is 0.0197. The molecule has 0 aromatic heterocycles. The summed E-state index contributed by atoms with van der Waals surface area (Å²) < 4.78 is 13.0. The Bertz CT molecular complexity index is 916. The highest BCUT2D eigenvalue weighted by atomic mass is 35.5. The lowest BCUT2D eigenvalue weighted by Crippen LogP contribution is -2.33. The van der Waals surface area contributed by atoms with Gasteiger partial charge in [0.25, 0.3) is 0 Å². The summed E-state index contributed by atoms with van der Waals surface area (Å²) in [6.07, 6.45) is 1.59. The molecule has 0 radical (unpaired) electrons. The fourth-order valence-electron chi connectivity index (χ4n) is 2.56. The predicted octanol–water partition coefficient (Wildman–Crippen LogP) is 4.63. The van der Waals surface area contributed by atoms with Crippen LogP contribution in [0.3, 0.4) is 0 Å². The standard InChI is InChI=1S/C20H17ClFN3O2S/c1-2-11-25-19(27)17(12-18(26)23-15-9-5-14(22)6-10-15)28-20(25)24-16-7-3-13(21)4-8-16/h2-10,17H,1,11-12H2,(H,23,26)/t17-/m1/s1. The predicted molar refractivity (Wildman–Crippen MR) is 111 cm³/mol. The van der Waals surface area contributed by atoms with E-state index in [1.165, 1.54) is 40.9 Å². The molecule has 28 heavy (non-hydrogen) atoms. The fraction of sp³-hybridized carbons (Fsp3) is 0.150. The third kappa shape index (κ3) is 4.99. The summed E-state index contributed by atoms with van der Waals surface area (Å²) in [6.45, 7) is 3.98. The summed E-state index contributed by atoms with van der Waals surface area (Å²) in [6, 6.07) is 12.4. The van der Waals surface area contributed by atoms with E-state index in [0.717, 1.165) is 0 Å². The molecule has 0 spiro atoms. The maximum atomic E-state index is 13.0. The number of nitrogens with zero attached hydrogens (tertiary/aromatic N) is 2. The summed E-state index contributed by atoms with van der Waals surface area (Å²) in [4.78, 5) is 31.0. The lowest BCUT2D eigenvalue weighted by molar-refractivity contribution is -0.127. The van der Waals surface area contributed by atoms with Gasteiger partial charge < -0.3 is 5.32 Å². The van der Waals surface area contributed by atoms with Crippen LogP contribution in [0.15, 0.2) is 66.2 Å². The Labute approximate surface area is 171 Å². The number of nitrogens with one attached hydrogen (secondary N) is 1. The van der Waals surface area contributed by atoms with Crippen LogP contribution >= 0.6 is 23.4 Å². The Balaban J connectivity index is 1.72. The average Bonchev–Trinajstić information content (AvgIpc) is 2.94. The monoisotopic (exact) mass is 417 g/mol. The zero-order valence-corrected chi connectivity index (χ0v) is 16.3.